The van der Waals surface area contributed by atoms with Crippen LogP contribution < -0.4 is 15.4 Å². The second-order valence-electron chi connectivity index (χ2n) is 5.03. The summed E-state index contributed by atoms with van der Waals surface area (Å²) in [5, 5.41) is 7.18. The Morgan fingerprint density at radius 3 is 2.61 bits per heavy atom. The molecule has 6 heteroatoms. The summed E-state index contributed by atoms with van der Waals surface area (Å²) in [7, 11) is 1.55. The highest BCUT2D eigenvalue weighted by atomic mass is 35.5. The van der Waals surface area contributed by atoms with Crippen molar-refractivity contribution >= 4 is 40.5 Å². The van der Waals surface area contributed by atoms with Crippen LogP contribution in [0.25, 0.3) is 0 Å². The highest BCUT2D eigenvalue weighted by Gasteiger charge is 2.06. The lowest BCUT2D eigenvalue weighted by atomic mass is 10.2. The van der Waals surface area contributed by atoms with E-state index in [2.05, 4.69) is 10.6 Å². The number of hydrogen-bond donors (Lipinski definition) is 2. The van der Waals surface area contributed by atoms with Crippen LogP contribution in [0.3, 0.4) is 0 Å². The molecule has 0 saturated heterocycles. The third kappa shape index (κ3) is 5.05. The van der Waals surface area contributed by atoms with Crippen molar-refractivity contribution < 1.29 is 9.53 Å². The first-order valence-corrected chi connectivity index (χ1v) is 7.88. The molecule has 2 aromatic carbocycles. The predicted molar refractivity (Wildman–Crippen MR) is 95.9 cm³/mol. The number of carbonyl (C=O) groups is 1. The molecule has 4 nitrogen and oxygen atoms in total. The van der Waals surface area contributed by atoms with Gasteiger partial charge in [-0.1, -0.05) is 23.2 Å². The molecule has 0 saturated carbocycles. The molecule has 23 heavy (non-hydrogen) atoms. The van der Waals surface area contributed by atoms with Crippen LogP contribution in [0.5, 0.6) is 5.75 Å². The first-order chi connectivity index (χ1) is 11.0. The molecule has 0 aliphatic carbocycles. The van der Waals surface area contributed by atoms with Crippen LogP contribution in [0.1, 0.15) is 12.0 Å². The molecule has 0 fully saturated rings. The van der Waals surface area contributed by atoms with Crippen molar-refractivity contribution in [3.8, 4) is 5.75 Å². The van der Waals surface area contributed by atoms with E-state index in [4.69, 9.17) is 27.9 Å². The van der Waals surface area contributed by atoms with E-state index >= 15 is 0 Å². The number of rotatable bonds is 6. The molecule has 0 aliphatic rings. The average molecular weight is 353 g/mol. The van der Waals surface area contributed by atoms with Gasteiger partial charge in [-0.15, -0.1) is 0 Å². The predicted octanol–water partition coefficient (Wildman–Crippen LogP) is 4.75. The largest absolute Gasteiger partial charge is 0.495 e. The molecule has 1 amide bonds. The van der Waals surface area contributed by atoms with Crippen molar-refractivity contribution in [3.63, 3.8) is 0 Å². The van der Waals surface area contributed by atoms with Crippen molar-refractivity contribution in [1.29, 1.82) is 0 Å². The first kappa shape index (κ1) is 17.4. The number of aryl methyl sites for hydroxylation is 1. The number of halogens is 2. The Bertz CT molecular complexity index is 705. The maximum atomic E-state index is 12.0. The topological polar surface area (TPSA) is 50.4 Å². The summed E-state index contributed by atoms with van der Waals surface area (Å²) < 4.78 is 5.07. The number of nitrogens with one attached hydrogen (secondary N) is 2. The van der Waals surface area contributed by atoms with Crippen molar-refractivity contribution in [2.75, 3.05) is 24.3 Å². The molecule has 0 bridgehead atoms. The van der Waals surface area contributed by atoms with Gasteiger partial charge in [-0.3, -0.25) is 4.79 Å². The van der Waals surface area contributed by atoms with E-state index in [0.717, 1.165) is 11.3 Å². The fraction of sp³-hybridized carbons (Fsp3) is 0.235. The Kier molecular flexibility index (Phi) is 6.13. The molecule has 0 heterocycles. The van der Waals surface area contributed by atoms with Gasteiger partial charge < -0.3 is 15.4 Å². The molecule has 2 N–H and O–H groups in total. The smallest absolute Gasteiger partial charge is 0.226 e. The van der Waals surface area contributed by atoms with Crippen LogP contribution in [0, 0.1) is 6.92 Å². The molecule has 2 rings (SSSR count). The summed E-state index contributed by atoms with van der Waals surface area (Å²) >= 11 is 11.9. The number of benzene rings is 2. The Labute approximate surface area is 145 Å². The molecule has 0 aromatic heterocycles. The number of anilines is 2. The number of methoxy groups -OCH3 is 1. The summed E-state index contributed by atoms with van der Waals surface area (Å²) in [6.07, 6.45) is 0.339. The fourth-order valence-corrected chi connectivity index (χ4v) is 2.59. The van der Waals surface area contributed by atoms with Crippen molar-refractivity contribution in [2.45, 2.75) is 13.3 Å². The van der Waals surface area contributed by atoms with E-state index in [1.54, 1.807) is 25.3 Å². The Hall–Kier alpha value is -1.91. The fourth-order valence-electron chi connectivity index (χ4n) is 2.10. The molecule has 0 unspecified atom stereocenters. The zero-order valence-electron chi connectivity index (χ0n) is 13.0. The third-order valence-electron chi connectivity index (χ3n) is 3.29. The number of amides is 1. The van der Waals surface area contributed by atoms with E-state index < -0.39 is 0 Å². The molecule has 0 radical (unpaired) electrons. The van der Waals surface area contributed by atoms with Gasteiger partial charge in [0.15, 0.2) is 0 Å². The first-order valence-electron chi connectivity index (χ1n) is 7.13. The van der Waals surface area contributed by atoms with Crippen LogP contribution in [0.15, 0.2) is 36.4 Å². The van der Waals surface area contributed by atoms with Crippen LogP contribution in [0.4, 0.5) is 11.4 Å². The van der Waals surface area contributed by atoms with Crippen molar-refractivity contribution in [3.05, 3.63) is 52.0 Å². The Morgan fingerprint density at radius 1 is 1.17 bits per heavy atom. The highest BCUT2D eigenvalue weighted by molar-refractivity contribution is 6.32. The zero-order valence-corrected chi connectivity index (χ0v) is 14.5. The lowest BCUT2D eigenvalue weighted by Crippen LogP contribution is -2.16. The van der Waals surface area contributed by atoms with E-state index in [0.29, 0.717) is 34.4 Å². The summed E-state index contributed by atoms with van der Waals surface area (Å²) in [4.78, 5) is 12.0. The Morgan fingerprint density at radius 2 is 1.96 bits per heavy atom. The van der Waals surface area contributed by atoms with Crippen molar-refractivity contribution in [2.24, 2.45) is 0 Å². The summed E-state index contributed by atoms with van der Waals surface area (Å²) in [5.41, 5.74) is 2.65. The van der Waals surface area contributed by atoms with E-state index in [1.807, 2.05) is 25.1 Å². The summed E-state index contributed by atoms with van der Waals surface area (Å²) in [6.45, 7) is 2.49. The number of carbonyl (C=O) groups excluding carboxylic acids is 1. The molecule has 122 valence electrons. The quantitative estimate of drug-likeness (QED) is 0.788. The van der Waals surface area contributed by atoms with Crippen LogP contribution in [-0.2, 0) is 4.79 Å². The van der Waals surface area contributed by atoms with Gasteiger partial charge in [0, 0.05) is 29.4 Å². The molecular formula is C17H18Cl2N2O2. The second-order valence-corrected chi connectivity index (χ2v) is 5.88. The molecule has 0 spiro atoms. The monoisotopic (exact) mass is 352 g/mol. The molecular weight excluding hydrogens is 335 g/mol. The van der Waals surface area contributed by atoms with E-state index in [-0.39, 0.29) is 5.91 Å². The van der Waals surface area contributed by atoms with Gasteiger partial charge in [0.1, 0.15) is 5.75 Å². The van der Waals surface area contributed by atoms with Gasteiger partial charge in [-0.05, 0) is 48.9 Å². The maximum Gasteiger partial charge on any atom is 0.226 e. The molecule has 0 aliphatic heterocycles. The average Bonchev–Trinajstić information content (AvgIpc) is 2.49. The minimum absolute atomic E-state index is 0.0923. The normalized spacial score (nSPS) is 10.3. The summed E-state index contributed by atoms with van der Waals surface area (Å²) in [6, 6.07) is 10.7. The standard InChI is InChI=1S/C17H18Cl2N2O2/c1-11-9-12(18)3-5-15(11)20-8-7-17(22)21-13-4-6-16(23-2)14(19)10-13/h3-6,9-10,20H,7-8H2,1-2H3,(H,21,22). The van der Waals surface area contributed by atoms with Gasteiger partial charge in [0.2, 0.25) is 5.91 Å². The maximum absolute atomic E-state index is 12.0. The third-order valence-corrected chi connectivity index (χ3v) is 3.82. The lowest BCUT2D eigenvalue weighted by Gasteiger charge is -2.11. The van der Waals surface area contributed by atoms with Gasteiger partial charge >= 0.3 is 0 Å². The number of hydrogen-bond acceptors (Lipinski definition) is 3. The lowest BCUT2D eigenvalue weighted by molar-refractivity contribution is -0.115. The summed E-state index contributed by atoms with van der Waals surface area (Å²) in [5.74, 6) is 0.481. The number of ether oxygens (including phenoxy) is 1. The van der Waals surface area contributed by atoms with Gasteiger partial charge in [-0.2, -0.15) is 0 Å². The second kappa shape index (κ2) is 8.09. The molecule has 2 aromatic rings. The SMILES string of the molecule is COc1ccc(NC(=O)CCNc2ccc(Cl)cc2C)cc1Cl. The van der Waals surface area contributed by atoms with Gasteiger partial charge in [-0.25, -0.2) is 0 Å². The molecule has 0 atom stereocenters. The van der Waals surface area contributed by atoms with Crippen LogP contribution in [0.2, 0.25) is 10.0 Å². The van der Waals surface area contributed by atoms with E-state index in [1.165, 1.54) is 0 Å². The van der Waals surface area contributed by atoms with Crippen LogP contribution >= 0.6 is 23.2 Å². The minimum atomic E-state index is -0.0923. The van der Waals surface area contributed by atoms with Crippen molar-refractivity contribution in [1.82, 2.24) is 0 Å². The van der Waals surface area contributed by atoms with E-state index in [9.17, 15) is 4.79 Å². The van der Waals surface area contributed by atoms with Gasteiger partial charge in [0.25, 0.3) is 0 Å². The zero-order chi connectivity index (χ0) is 16.8. The highest BCUT2D eigenvalue weighted by Crippen LogP contribution is 2.27. The van der Waals surface area contributed by atoms with Gasteiger partial charge in [0.05, 0.1) is 12.1 Å². The Balaban J connectivity index is 1.84. The van der Waals surface area contributed by atoms with Crippen LogP contribution in [-0.4, -0.2) is 19.6 Å². The minimum Gasteiger partial charge on any atom is -0.495 e.